The van der Waals surface area contributed by atoms with Crippen molar-refractivity contribution >= 4 is 17.2 Å². The van der Waals surface area contributed by atoms with Gasteiger partial charge in [0.25, 0.3) is 0 Å². The topological polar surface area (TPSA) is 38.3 Å². The zero-order valence-corrected chi connectivity index (χ0v) is 13.0. The molecule has 1 aromatic heterocycles. The van der Waals surface area contributed by atoms with Crippen LogP contribution in [0, 0.1) is 5.82 Å². The molecule has 3 rings (SSSR count). The maximum atomic E-state index is 13.2. The molecule has 5 heteroatoms. The van der Waals surface area contributed by atoms with E-state index in [1.807, 2.05) is 17.5 Å². The van der Waals surface area contributed by atoms with Crippen molar-refractivity contribution in [2.24, 2.45) is 0 Å². The lowest BCUT2D eigenvalue weighted by Gasteiger charge is -2.36. The van der Waals surface area contributed by atoms with E-state index >= 15 is 0 Å². The van der Waals surface area contributed by atoms with Gasteiger partial charge < -0.3 is 10.1 Å². The van der Waals surface area contributed by atoms with Crippen molar-refractivity contribution in [1.29, 1.82) is 0 Å². The van der Waals surface area contributed by atoms with Crippen LogP contribution in [0.25, 0.3) is 0 Å². The molecule has 0 aliphatic carbocycles. The standard InChI is InChI=1S/C17H18FNO2S/c18-14-5-3-13(4-6-14)17(7-9-21-10-8-17)16(20)19-12-15-2-1-11-22-15/h1-6,11H,7-10,12H2,(H,19,20). The van der Waals surface area contributed by atoms with Crippen LogP contribution in [0.2, 0.25) is 0 Å². The highest BCUT2D eigenvalue weighted by Gasteiger charge is 2.41. The zero-order valence-electron chi connectivity index (χ0n) is 12.2. The van der Waals surface area contributed by atoms with Crippen LogP contribution >= 0.6 is 11.3 Å². The number of rotatable bonds is 4. The first-order valence-corrected chi connectivity index (χ1v) is 8.23. The van der Waals surface area contributed by atoms with Crippen molar-refractivity contribution in [3.05, 3.63) is 58.0 Å². The summed E-state index contributed by atoms with van der Waals surface area (Å²) >= 11 is 1.62. The monoisotopic (exact) mass is 319 g/mol. The second-order valence-corrected chi connectivity index (χ2v) is 6.50. The number of nitrogens with one attached hydrogen (secondary N) is 1. The molecule has 0 saturated carbocycles. The molecule has 22 heavy (non-hydrogen) atoms. The third-order valence-corrected chi connectivity index (χ3v) is 5.06. The molecule has 0 unspecified atom stereocenters. The highest BCUT2D eigenvalue weighted by atomic mass is 32.1. The highest BCUT2D eigenvalue weighted by molar-refractivity contribution is 7.09. The molecule has 2 aromatic rings. The molecule has 1 N–H and O–H groups in total. The van der Waals surface area contributed by atoms with Gasteiger partial charge in [0.2, 0.25) is 5.91 Å². The van der Waals surface area contributed by atoms with Crippen LogP contribution in [-0.4, -0.2) is 19.1 Å². The van der Waals surface area contributed by atoms with Gasteiger partial charge in [-0.1, -0.05) is 18.2 Å². The average Bonchev–Trinajstić information content (AvgIpc) is 3.07. The molecular formula is C17H18FNO2S. The lowest BCUT2D eigenvalue weighted by molar-refractivity contribution is -0.130. The Hall–Kier alpha value is -1.72. The van der Waals surface area contributed by atoms with Crippen molar-refractivity contribution < 1.29 is 13.9 Å². The number of amides is 1. The predicted octanol–water partition coefficient (Wildman–Crippen LogP) is 3.25. The van der Waals surface area contributed by atoms with E-state index in [9.17, 15) is 9.18 Å². The fourth-order valence-electron chi connectivity index (χ4n) is 2.89. The van der Waals surface area contributed by atoms with Crippen LogP contribution in [0.5, 0.6) is 0 Å². The summed E-state index contributed by atoms with van der Waals surface area (Å²) in [4.78, 5) is 14.0. The molecule has 1 aromatic carbocycles. The summed E-state index contributed by atoms with van der Waals surface area (Å²) in [6, 6.07) is 10.2. The summed E-state index contributed by atoms with van der Waals surface area (Å²) < 4.78 is 18.6. The van der Waals surface area contributed by atoms with Gasteiger partial charge in [-0.15, -0.1) is 11.3 Å². The Labute approximate surface area is 133 Å². The lowest BCUT2D eigenvalue weighted by atomic mass is 9.73. The van der Waals surface area contributed by atoms with Crippen LogP contribution in [-0.2, 0) is 21.5 Å². The minimum atomic E-state index is -0.622. The molecule has 0 atom stereocenters. The fourth-order valence-corrected chi connectivity index (χ4v) is 3.53. The Morgan fingerprint density at radius 2 is 1.95 bits per heavy atom. The third kappa shape index (κ3) is 3.05. The van der Waals surface area contributed by atoms with Crippen LogP contribution in [0.15, 0.2) is 41.8 Å². The number of hydrogen-bond acceptors (Lipinski definition) is 3. The first-order chi connectivity index (χ1) is 10.7. The minimum Gasteiger partial charge on any atom is -0.381 e. The largest absolute Gasteiger partial charge is 0.381 e. The summed E-state index contributed by atoms with van der Waals surface area (Å²) in [7, 11) is 0. The molecule has 0 spiro atoms. The molecule has 116 valence electrons. The Kier molecular flexibility index (Phi) is 4.55. The number of ether oxygens (including phenoxy) is 1. The van der Waals surface area contributed by atoms with Gasteiger partial charge in [-0.25, -0.2) is 4.39 Å². The Balaban J connectivity index is 1.81. The minimum absolute atomic E-state index is 0.00388. The normalized spacial score (nSPS) is 17.1. The molecule has 1 amide bonds. The van der Waals surface area contributed by atoms with Crippen molar-refractivity contribution in [1.82, 2.24) is 5.32 Å². The molecule has 1 saturated heterocycles. The van der Waals surface area contributed by atoms with Crippen molar-refractivity contribution in [3.63, 3.8) is 0 Å². The van der Waals surface area contributed by atoms with E-state index in [1.54, 1.807) is 23.5 Å². The number of benzene rings is 1. The summed E-state index contributed by atoms with van der Waals surface area (Å²) in [5.41, 5.74) is 0.240. The van der Waals surface area contributed by atoms with Gasteiger partial charge in [0.15, 0.2) is 0 Å². The van der Waals surface area contributed by atoms with Crippen LogP contribution < -0.4 is 5.32 Å². The third-order valence-electron chi connectivity index (χ3n) is 4.18. The van der Waals surface area contributed by atoms with Crippen LogP contribution in [0.1, 0.15) is 23.3 Å². The summed E-state index contributed by atoms with van der Waals surface area (Å²) in [6.07, 6.45) is 1.24. The predicted molar refractivity (Wildman–Crippen MR) is 84.3 cm³/mol. The summed E-state index contributed by atoms with van der Waals surface area (Å²) in [5.74, 6) is -0.291. The number of carbonyl (C=O) groups is 1. The number of thiophene rings is 1. The summed E-state index contributed by atoms with van der Waals surface area (Å²) in [5, 5.41) is 5.02. The van der Waals surface area contributed by atoms with Gasteiger partial charge in [-0.3, -0.25) is 4.79 Å². The molecule has 1 aliphatic heterocycles. The number of halogens is 1. The molecule has 1 fully saturated rings. The maximum absolute atomic E-state index is 13.2. The van der Waals surface area contributed by atoms with Crippen molar-refractivity contribution in [2.45, 2.75) is 24.8 Å². The Morgan fingerprint density at radius 3 is 2.59 bits per heavy atom. The number of hydrogen-bond donors (Lipinski definition) is 1. The van der Waals surface area contributed by atoms with E-state index in [1.165, 1.54) is 12.1 Å². The quantitative estimate of drug-likeness (QED) is 0.939. The van der Waals surface area contributed by atoms with Gasteiger partial charge in [-0.2, -0.15) is 0 Å². The lowest BCUT2D eigenvalue weighted by Crippen LogP contribution is -2.47. The van der Waals surface area contributed by atoms with Gasteiger partial charge in [0, 0.05) is 18.1 Å². The Morgan fingerprint density at radius 1 is 1.23 bits per heavy atom. The van der Waals surface area contributed by atoms with Crippen molar-refractivity contribution in [2.75, 3.05) is 13.2 Å². The van der Waals surface area contributed by atoms with Gasteiger partial charge in [0.1, 0.15) is 5.82 Å². The van der Waals surface area contributed by atoms with Crippen LogP contribution in [0.3, 0.4) is 0 Å². The van der Waals surface area contributed by atoms with E-state index in [4.69, 9.17) is 4.74 Å². The Bertz CT molecular complexity index is 619. The van der Waals surface area contributed by atoms with E-state index in [-0.39, 0.29) is 11.7 Å². The molecule has 1 aliphatic rings. The van der Waals surface area contributed by atoms with E-state index in [0.717, 1.165) is 10.4 Å². The molecule has 2 heterocycles. The second kappa shape index (κ2) is 6.58. The maximum Gasteiger partial charge on any atom is 0.231 e. The van der Waals surface area contributed by atoms with Gasteiger partial charge in [-0.05, 0) is 42.0 Å². The molecule has 0 bridgehead atoms. The van der Waals surface area contributed by atoms with E-state index in [0.29, 0.717) is 32.6 Å². The fraction of sp³-hybridized carbons (Fsp3) is 0.353. The molecular weight excluding hydrogens is 301 g/mol. The first-order valence-electron chi connectivity index (χ1n) is 7.35. The molecule has 0 radical (unpaired) electrons. The average molecular weight is 319 g/mol. The van der Waals surface area contributed by atoms with Gasteiger partial charge >= 0.3 is 0 Å². The smallest absolute Gasteiger partial charge is 0.231 e. The number of carbonyl (C=O) groups excluding carboxylic acids is 1. The van der Waals surface area contributed by atoms with Gasteiger partial charge in [0.05, 0.1) is 12.0 Å². The second-order valence-electron chi connectivity index (χ2n) is 5.46. The summed E-state index contributed by atoms with van der Waals surface area (Å²) in [6.45, 7) is 1.62. The highest BCUT2D eigenvalue weighted by Crippen LogP contribution is 2.35. The zero-order chi connectivity index (χ0) is 15.4. The molecule has 3 nitrogen and oxygen atoms in total. The van der Waals surface area contributed by atoms with Crippen LogP contribution in [0.4, 0.5) is 4.39 Å². The van der Waals surface area contributed by atoms with E-state index in [2.05, 4.69) is 5.32 Å². The SMILES string of the molecule is O=C(NCc1cccs1)C1(c2ccc(F)cc2)CCOCC1. The van der Waals surface area contributed by atoms with E-state index < -0.39 is 5.41 Å². The van der Waals surface area contributed by atoms with Crippen molar-refractivity contribution in [3.8, 4) is 0 Å². The first kappa shape index (κ1) is 15.2.